The third kappa shape index (κ3) is 7.30. The third-order valence-electron chi connectivity index (χ3n) is 11.5. The average Bonchev–Trinajstić information content (AvgIpc) is 3.68. The number of phenols is 1. The maximum absolute atomic E-state index is 13.0. The van der Waals surface area contributed by atoms with E-state index in [0.29, 0.717) is 36.3 Å². The summed E-state index contributed by atoms with van der Waals surface area (Å²) < 4.78 is 21.0. The molecule has 4 heterocycles. The maximum Gasteiger partial charge on any atom is 0.255 e. The first kappa shape index (κ1) is 35.8. The predicted octanol–water partition coefficient (Wildman–Crippen LogP) is 8.29. The molecule has 1 unspecified atom stereocenters. The van der Waals surface area contributed by atoms with Gasteiger partial charge in [0, 0.05) is 39.6 Å². The third-order valence-corrected chi connectivity index (χ3v) is 13.2. The SMILES string of the molecule is O=C1CCC(N2Cc3cc(OC4CC5(CCN(CCOc6ccc(Oc7c(-c8ccc(Br)cc8)sc8cc(O)ccc78)cc6)CC5)C4)ccc3C2=O)C(=O)N1. The fourth-order valence-corrected chi connectivity index (χ4v) is 9.87. The summed E-state index contributed by atoms with van der Waals surface area (Å²) in [6, 6.07) is 26.2. The van der Waals surface area contributed by atoms with Crippen molar-refractivity contribution in [2.45, 2.75) is 57.2 Å². The van der Waals surface area contributed by atoms with Crippen molar-refractivity contribution < 1.29 is 33.7 Å². The van der Waals surface area contributed by atoms with Crippen LogP contribution in [0, 0.1) is 5.41 Å². The second-order valence-electron chi connectivity index (χ2n) is 15.1. The Kier molecular flexibility index (Phi) is 9.52. The van der Waals surface area contributed by atoms with Crippen LogP contribution in [0.3, 0.4) is 0 Å². The van der Waals surface area contributed by atoms with E-state index in [4.69, 9.17) is 14.2 Å². The monoisotopic (exact) mass is 821 g/mol. The van der Waals surface area contributed by atoms with Gasteiger partial charge in [0.1, 0.15) is 35.6 Å². The van der Waals surface area contributed by atoms with Crippen molar-refractivity contribution in [3.05, 3.63) is 101 Å². The van der Waals surface area contributed by atoms with Crippen LogP contribution in [0.25, 0.3) is 20.5 Å². The molecule has 55 heavy (non-hydrogen) atoms. The number of phenolic OH excluding ortho intramolecular Hbond substituents is 1. The molecule has 1 atom stereocenters. The second kappa shape index (κ2) is 14.6. The van der Waals surface area contributed by atoms with Crippen LogP contribution < -0.4 is 19.5 Å². The number of likely N-dealkylation sites (tertiary alicyclic amines) is 1. The highest BCUT2D eigenvalue weighted by Crippen LogP contribution is 2.51. The van der Waals surface area contributed by atoms with Gasteiger partial charge in [-0.15, -0.1) is 11.3 Å². The molecule has 2 saturated heterocycles. The number of rotatable bonds is 10. The van der Waals surface area contributed by atoms with Gasteiger partial charge in [-0.1, -0.05) is 28.1 Å². The molecule has 3 aliphatic heterocycles. The molecule has 9 rings (SSSR count). The maximum atomic E-state index is 13.0. The van der Waals surface area contributed by atoms with Gasteiger partial charge in [0.25, 0.3) is 5.91 Å². The van der Waals surface area contributed by atoms with E-state index in [9.17, 15) is 19.5 Å². The lowest BCUT2D eigenvalue weighted by Gasteiger charge is -2.51. The van der Waals surface area contributed by atoms with Crippen molar-refractivity contribution in [3.8, 4) is 39.2 Å². The number of hydrogen-bond acceptors (Lipinski definition) is 9. The fourth-order valence-electron chi connectivity index (χ4n) is 8.43. The fraction of sp³-hybridized carbons (Fsp3) is 0.326. The van der Waals surface area contributed by atoms with E-state index < -0.39 is 11.9 Å². The highest BCUT2D eigenvalue weighted by Gasteiger charge is 2.47. The summed E-state index contributed by atoms with van der Waals surface area (Å²) in [5, 5.41) is 13.4. The molecular formula is C43H40BrN3O7S. The van der Waals surface area contributed by atoms with Gasteiger partial charge < -0.3 is 24.2 Å². The Morgan fingerprint density at radius 2 is 1.64 bits per heavy atom. The zero-order valence-corrected chi connectivity index (χ0v) is 32.5. The summed E-state index contributed by atoms with van der Waals surface area (Å²) >= 11 is 5.11. The summed E-state index contributed by atoms with van der Waals surface area (Å²) in [4.78, 5) is 42.1. The van der Waals surface area contributed by atoms with E-state index in [-0.39, 0.29) is 30.1 Å². The lowest BCUT2D eigenvalue weighted by Crippen LogP contribution is -2.52. The number of fused-ring (bicyclic) bond motifs is 2. The molecule has 1 aromatic heterocycles. The highest BCUT2D eigenvalue weighted by molar-refractivity contribution is 9.10. The lowest BCUT2D eigenvalue weighted by molar-refractivity contribution is -0.136. The van der Waals surface area contributed by atoms with Crippen molar-refractivity contribution in [2.75, 3.05) is 26.2 Å². The molecule has 12 heteroatoms. The van der Waals surface area contributed by atoms with Gasteiger partial charge in [-0.25, -0.2) is 0 Å². The molecule has 5 aromatic rings. The van der Waals surface area contributed by atoms with E-state index in [1.165, 1.54) is 0 Å². The van der Waals surface area contributed by atoms with Crippen LogP contribution in [0.4, 0.5) is 0 Å². The summed E-state index contributed by atoms with van der Waals surface area (Å²) in [7, 11) is 0. The van der Waals surface area contributed by atoms with Gasteiger partial charge in [-0.05, 0) is 135 Å². The van der Waals surface area contributed by atoms with Gasteiger partial charge in [0.05, 0.1) is 11.0 Å². The number of carbonyl (C=O) groups excluding carboxylic acids is 3. The van der Waals surface area contributed by atoms with Gasteiger partial charge in [0.2, 0.25) is 11.8 Å². The summed E-state index contributed by atoms with van der Waals surface area (Å²) in [5.74, 6) is 2.41. The molecule has 3 fully saturated rings. The van der Waals surface area contributed by atoms with Crippen molar-refractivity contribution in [2.24, 2.45) is 5.41 Å². The molecule has 4 aliphatic rings. The molecule has 3 amide bonds. The molecule has 10 nitrogen and oxygen atoms in total. The van der Waals surface area contributed by atoms with Crippen LogP contribution in [-0.4, -0.2) is 71.0 Å². The molecule has 2 N–H and O–H groups in total. The number of halogens is 1. The Morgan fingerprint density at radius 3 is 2.40 bits per heavy atom. The minimum atomic E-state index is -0.618. The quantitative estimate of drug-likeness (QED) is 0.135. The standard InChI is InChI=1S/C43H40BrN3O7S/c44-28-3-1-26(2-4-28)40-39(35-11-5-29(48)22-37(35)55-40)54-31-8-6-30(7-9-31)52-20-19-46-17-15-43(16-18-46)23-33(24-43)53-32-10-12-34-27(21-32)25-47(42(34)51)36-13-14-38(49)45-41(36)50/h1-12,21-22,33,36,48H,13-20,23-25H2,(H,45,49,50). The number of piperidine rings is 2. The van der Waals surface area contributed by atoms with Crippen molar-refractivity contribution in [3.63, 3.8) is 0 Å². The van der Waals surface area contributed by atoms with Gasteiger partial charge >= 0.3 is 0 Å². The van der Waals surface area contributed by atoms with Crippen LogP contribution >= 0.6 is 27.3 Å². The summed E-state index contributed by atoms with van der Waals surface area (Å²) in [6.45, 7) is 3.89. The molecule has 1 saturated carbocycles. The van der Waals surface area contributed by atoms with Crippen LogP contribution in [-0.2, 0) is 16.1 Å². The first-order valence-electron chi connectivity index (χ1n) is 18.8. The van der Waals surface area contributed by atoms with Crippen LogP contribution in [0.15, 0.2) is 89.4 Å². The molecule has 4 aromatic carbocycles. The number of nitrogens with zero attached hydrogens (tertiary/aromatic N) is 2. The van der Waals surface area contributed by atoms with Gasteiger partial charge in [0.15, 0.2) is 5.75 Å². The Morgan fingerprint density at radius 1 is 0.891 bits per heavy atom. The molecule has 282 valence electrons. The van der Waals surface area contributed by atoms with Crippen LogP contribution in [0.5, 0.6) is 28.7 Å². The number of carbonyl (C=O) groups is 3. The molecular weight excluding hydrogens is 782 g/mol. The number of aromatic hydroxyl groups is 1. The first-order valence-corrected chi connectivity index (χ1v) is 20.4. The lowest BCUT2D eigenvalue weighted by atomic mass is 9.61. The first-order chi connectivity index (χ1) is 26.7. The molecule has 0 bridgehead atoms. The predicted molar refractivity (Wildman–Crippen MR) is 213 cm³/mol. The van der Waals surface area contributed by atoms with Crippen molar-refractivity contribution in [1.82, 2.24) is 15.1 Å². The van der Waals surface area contributed by atoms with Gasteiger partial charge in [-0.3, -0.25) is 24.6 Å². The number of ether oxygens (including phenoxy) is 3. The second-order valence-corrected chi connectivity index (χ2v) is 17.0. The number of amides is 3. The largest absolute Gasteiger partial charge is 0.508 e. The molecule has 1 aliphatic carbocycles. The van der Waals surface area contributed by atoms with E-state index in [1.54, 1.807) is 34.4 Å². The number of hydrogen-bond donors (Lipinski definition) is 2. The number of nitrogens with one attached hydrogen (secondary N) is 1. The number of thiophene rings is 1. The zero-order chi connectivity index (χ0) is 37.7. The topological polar surface area (TPSA) is 118 Å². The minimum Gasteiger partial charge on any atom is -0.508 e. The van der Waals surface area contributed by atoms with Crippen molar-refractivity contribution >= 4 is 55.1 Å². The smallest absolute Gasteiger partial charge is 0.255 e. The number of imide groups is 1. The molecule has 0 radical (unpaired) electrons. The summed E-state index contributed by atoms with van der Waals surface area (Å²) in [6.07, 6.45) is 5.07. The Balaban J connectivity index is 0.732. The zero-order valence-electron chi connectivity index (χ0n) is 30.1. The normalized spacial score (nSPS) is 19.7. The highest BCUT2D eigenvalue weighted by atomic mass is 79.9. The molecule has 1 spiro atoms. The van der Waals surface area contributed by atoms with E-state index in [2.05, 4.69) is 38.3 Å². The van der Waals surface area contributed by atoms with E-state index in [1.807, 2.05) is 54.6 Å². The Hall–Kier alpha value is -4.91. The van der Waals surface area contributed by atoms with Crippen molar-refractivity contribution in [1.29, 1.82) is 0 Å². The average molecular weight is 823 g/mol. The summed E-state index contributed by atoms with van der Waals surface area (Å²) in [5.41, 5.74) is 2.83. The van der Waals surface area contributed by atoms with Crippen LogP contribution in [0.1, 0.15) is 54.4 Å². The Bertz CT molecular complexity index is 2280. The minimum absolute atomic E-state index is 0.155. The van der Waals surface area contributed by atoms with E-state index in [0.717, 1.165) is 93.1 Å². The van der Waals surface area contributed by atoms with Crippen LogP contribution in [0.2, 0.25) is 0 Å². The van der Waals surface area contributed by atoms with E-state index >= 15 is 0 Å². The number of benzene rings is 4. The van der Waals surface area contributed by atoms with Gasteiger partial charge in [-0.2, -0.15) is 0 Å². The Labute approximate surface area is 331 Å².